The number of anilines is 1. The van der Waals surface area contributed by atoms with E-state index in [1.54, 1.807) is 6.33 Å². The summed E-state index contributed by atoms with van der Waals surface area (Å²) in [4.78, 5) is 26.4. The summed E-state index contributed by atoms with van der Waals surface area (Å²) >= 11 is 6.15. The number of halogens is 1. The maximum Gasteiger partial charge on any atom is 0.146 e. The van der Waals surface area contributed by atoms with Crippen molar-refractivity contribution >= 4 is 23.7 Å². The number of nitrogens with zero attached hydrogens (tertiary/aromatic N) is 4. The van der Waals surface area contributed by atoms with Crippen LogP contribution in [0.1, 0.15) is 55.0 Å². The molecule has 3 aliphatic rings. The summed E-state index contributed by atoms with van der Waals surface area (Å²) in [6.45, 7) is 6.08. The molecule has 0 amide bonds. The lowest BCUT2D eigenvalue weighted by Gasteiger charge is -2.48. The Morgan fingerprint density at radius 1 is 1.19 bits per heavy atom. The van der Waals surface area contributed by atoms with Crippen LogP contribution in [0.4, 0.5) is 5.82 Å². The summed E-state index contributed by atoms with van der Waals surface area (Å²) in [5, 5.41) is 14.6. The van der Waals surface area contributed by atoms with Crippen molar-refractivity contribution in [2.45, 2.75) is 49.8 Å². The molecule has 1 aromatic heterocycles. The molecule has 170 valence electrons. The van der Waals surface area contributed by atoms with Gasteiger partial charge in [0, 0.05) is 42.8 Å². The zero-order valence-electron chi connectivity index (χ0n) is 18.4. The van der Waals surface area contributed by atoms with E-state index in [4.69, 9.17) is 11.6 Å². The van der Waals surface area contributed by atoms with Gasteiger partial charge in [0.25, 0.3) is 0 Å². The van der Waals surface area contributed by atoms with E-state index >= 15 is 0 Å². The Labute approximate surface area is 193 Å². The van der Waals surface area contributed by atoms with Crippen molar-refractivity contribution in [2.24, 2.45) is 0 Å². The minimum Gasteiger partial charge on any atom is -0.387 e. The molecule has 0 unspecified atom stereocenters. The van der Waals surface area contributed by atoms with Gasteiger partial charge in [-0.15, -0.1) is 0 Å². The number of carbonyl (C=O) groups is 1. The molecule has 8 heteroatoms. The van der Waals surface area contributed by atoms with Gasteiger partial charge in [0.1, 0.15) is 24.0 Å². The minimum absolute atomic E-state index is 0.0752. The van der Waals surface area contributed by atoms with Gasteiger partial charge < -0.3 is 20.1 Å². The van der Waals surface area contributed by atoms with Crippen molar-refractivity contribution in [1.82, 2.24) is 20.2 Å². The molecule has 32 heavy (non-hydrogen) atoms. The molecule has 0 radical (unpaired) electrons. The van der Waals surface area contributed by atoms with Crippen molar-refractivity contribution in [3.8, 4) is 0 Å². The molecule has 5 rings (SSSR count). The summed E-state index contributed by atoms with van der Waals surface area (Å²) in [7, 11) is 0. The largest absolute Gasteiger partial charge is 0.387 e. The van der Waals surface area contributed by atoms with Crippen LogP contribution in [0.15, 0.2) is 30.6 Å². The molecule has 0 bridgehead atoms. The number of aldehydes is 1. The highest BCUT2D eigenvalue weighted by Gasteiger charge is 2.47. The maximum absolute atomic E-state index is 12.8. The van der Waals surface area contributed by atoms with Crippen LogP contribution in [0, 0.1) is 0 Å². The second kappa shape index (κ2) is 8.71. The molecule has 0 spiro atoms. The summed E-state index contributed by atoms with van der Waals surface area (Å²) in [5.41, 5.74) is 2.11. The third-order valence-corrected chi connectivity index (χ3v) is 7.71. The summed E-state index contributed by atoms with van der Waals surface area (Å²) in [6.07, 6.45) is 4.92. The van der Waals surface area contributed by atoms with Crippen LogP contribution < -0.4 is 10.2 Å². The normalized spacial score (nSPS) is 27.8. The number of benzene rings is 1. The second-order valence-electron chi connectivity index (χ2n) is 9.22. The summed E-state index contributed by atoms with van der Waals surface area (Å²) < 4.78 is 0. The van der Waals surface area contributed by atoms with Gasteiger partial charge in [0.05, 0.1) is 11.8 Å². The van der Waals surface area contributed by atoms with Crippen LogP contribution in [-0.4, -0.2) is 65.0 Å². The molecular weight excluding hydrogens is 426 g/mol. The van der Waals surface area contributed by atoms with Gasteiger partial charge in [-0.3, -0.25) is 4.90 Å². The molecule has 2 aromatic rings. The lowest BCUT2D eigenvalue weighted by Crippen LogP contribution is -2.63. The van der Waals surface area contributed by atoms with E-state index in [0.29, 0.717) is 11.4 Å². The minimum atomic E-state index is -0.718. The molecule has 1 aliphatic carbocycles. The molecule has 2 aliphatic heterocycles. The van der Waals surface area contributed by atoms with Gasteiger partial charge in [-0.2, -0.15) is 0 Å². The van der Waals surface area contributed by atoms with Crippen molar-refractivity contribution in [1.29, 1.82) is 0 Å². The lowest BCUT2D eigenvalue weighted by atomic mass is 9.80. The number of fused-ring (bicyclic) bond motifs is 1. The van der Waals surface area contributed by atoms with Crippen LogP contribution in [0.2, 0.25) is 5.02 Å². The van der Waals surface area contributed by atoms with E-state index < -0.39 is 11.6 Å². The topological polar surface area (TPSA) is 81.6 Å². The summed E-state index contributed by atoms with van der Waals surface area (Å²) in [5.74, 6) is 1.17. The van der Waals surface area contributed by atoms with E-state index in [9.17, 15) is 9.90 Å². The molecule has 2 saturated heterocycles. The van der Waals surface area contributed by atoms with Crippen LogP contribution in [0.25, 0.3) is 0 Å². The second-order valence-corrected chi connectivity index (χ2v) is 9.66. The van der Waals surface area contributed by atoms with Crippen LogP contribution in [0.5, 0.6) is 0 Å². The first-order chi connectivity index (χ1) is 15.5. The number of nitrogens with one attached hydrogen (secondary N) is 1. The molecule has 4 atom stereocenters. The Bertz CT molecular complexity index is 973. The Balaban J connectivity index is 1.43. The first-order valence-corrected chi connectivity index (χ1v) is 11.9. The van der Waals surface area contributed by atoms with E-state index in [0.717, 1.165) is 74.5 Å². The highest BCUT2D eigenvalue weighted by molar-refractivity contribution is 6.30. The summed E-state index contributed by atoms with van der Waals surface area (Å²) in [6, 6.07) is 7.80. The first-order valence-electron chi connectivity index (χ1n) is 11.5. The predicted molar refractivity (Wildman–Crippen MR) is 124 cm³/mol. The fourth-order valence-corrected chi connectivity index (χ4v) is 5.97. The number of aliphatic hydroxyl groups is 1. The van der Waals surface area contributed by atoms with Crippen molar-refractivity contribution in [2.75, 3.05) is 37.6 Å². The number of hydrogen-bond acceptors (Lipinski definition) is 7. The Morgan fingerprint density at radius 3 is 2.59 bits per heavy atom. The zero-order valence-corrected chi connectivity index (χ0v) is 19.1. The van der Waals surface area contributed by atoms with E-state index in [-0.39, 0.29) is 12.0 Å². The van der Waals surface area contributed by atoms with Gasteiger partial charge in [-0.25, -0.2) is 9.97 Å². The SMILES string of the molecule is C[C@@H]1C[C@@H](O)c2ncnc(N3CCN([C@@](C=O)(c4ccc(Cl)cc4)[C@@H]4CCCN4)CC3)c21. The molecule has 1 aromatic carbocycles. The molecule has 2 fully saturated rings. The van der Waals surface area contributed by atoms with Crippen LogP contribution >= 0.6 is 11.6 Å². The van der Waals surface area contributed by atoms with Crippen molar-refractivity contribution < 1.29 is 9.90 Å². The molecular formula is C24H30ClN5O2. The van der Waals surface area contributed by atoms with E-state index in [1.165, 1.54) is 0 Å². The van der Waals surface area contributed by atoms with Gasteiger partial charge >= 0.3 is 0 Å². The Morgan fingerprint density at radius 2 is 1.94 bits per heavy atom. The predicted octanol–water partition coefficient (Wildman–Crippen LogP) is 2.64. The molecule has 0 saturated carbocycles. The Kier molecular flexibility index (Phi) is 5.92. The van der Waals surface area contributed by atoms with E-state index in [1.807, 2.05) is 24.3 Å². The van der Waals surface area contributed by atoms with Gasteiger partial charge in [-0.05, 0) is 49.4 Å². The average molecular weight is 456 g/mol. The van der Waals surface area contributed by atoms with Gasteiger partial charge in [-0.1, -0.05) is 30.7 Å². The smallest absolute Gasteiger partial charge is 0.146 e. The monoisotopic (exact) mass is 455 g/mol. The van der Waals surface area contributed by atoms with Crippen LogP contribution in [-0.2, 0) is 10.3 Å². The third-order valence-electron chi connectivity index (χ3n) is 7.46. The fourth-order valence-electron chi connectivity index (χ4n) is 5.85. The number of aliphatic hydroxyl groups excluding tert-OH is 1. The lowest BCUT2D eigenvalue weighted by molar-refractivity contribution is -0.121. The van der Waals surface area contributed by atoms with E-state index in [2.05, 4.69) is 32.0 Å². The third kappa shape index (κ3) is 3.52. The number of hydrogen-bond donors (Lipinski definition) is 2. The molecule has 7 nitrogen and oxygen atoms in total. The standard InChI is InChI=1S/C24H30ClN5O2/c1-16-13-19(32)22-21(16)23(28-15-27-22)29-9-11-30(12-10-29)24(14-31,20-3-2-8-26-20)17-4-6-18(25)7-5-17/h4-7,14-16,19-20,26,32H,2-3,8-13H2,1H3/t16-,19-,20+,24+/m1/s1. The Hall–Kier alpha value is -2.06. The highest BCUT2D eigenvalue weighted by atomic mass is 35.5. The van der Waals surface area contributed by atoms with Crippen molar-refractivity contribution in [3.05, 3.63) is 52.4 Å². The highest BCUT2D eigenvalue weighted by Crippen LogP contribution is 2.43. The van der Waals surface area contributed by atoms with Crippen LogP contribution in [0.3, 0.4) is 0 Å². The zero-order chi connectivity index (χ0) is 22.3. The fraction of sp³-hybridized carbons (Fsp3) is 0.542. The first kappa shape index (κ1) is 21.8. The molecule has 3 heterocycles. The molecule has 2 N–H and O–H groups in total. The van der Waals surface area contributed by atoms with Crippen molar-refractivity contribution in [3.63, 3.8) is 0 Å². The number of aromatic nitrogens is 2. The number of carbonyl (C=O) groups excluding carboxylic acids is 1. The average Bonchev–Trinajstić information content (AvgIpc) is 3.45. The van der Waals surface area contributed by atoms with Gasteiger partial charge in [0.2, 0.25) is 0 Å². The number of piperazine rings is 1. The maximum atomic E-state index is 12.8. The van der Waals surface area contributed by atoms with Gasteiger partial charge in [0.15, 0.2) is 0 Å². The number of rotatable bonds is 5. The quantitative estimate of drug-likeness (QED) is 0.670.